The highest BCUT2D eigenvalue weighted by Crippen LogP contribution is 2.42. The van der Waals surface area contributed by atoms with Crippen LogP contribution in [0.5, 0.6) is 11.5 Å². The van der Waals surface area contributed by atoms with E-state index in [0.29, 0.717) is 5.92 Å². The Balaban J connectivity index is 2.32. The molecule has 112 valence electrons. The predicted molar refractivity (Wildman–Crippen MR) is 79.5 cm³/mol. The molecule has 4 nitrogen and oxygen atoms in total. The van der Waals surface area contributed by atoms with Gasteiger partial charge in [0.05, 0.1) is 26.4 Å². The summed E-state index contributed by atoms with van der Waals surface area (Å²) in [7, 11) is 5.15. The molecule has 0 aliphatic heterocycles. The van der Waals surface area contributed by atoms with Gasteiger partial charge < -0.3 is 19.5 Å². The topological polar surface area (TPSA) is 39.7 Å². The van der Waals surface area contributed by atoms with Crippen molar-refractivity contribution in [3.8, 4) is 11.5 Å². The molecular weight excluding hydrogens is 254 g/mol. The van der Waals surface area contributed by atoms with Crippen LogP contribution in [0.4, 0.5) is 0 Å². The van der Waals surface area contributed by atoms with Gasteiger partial charge in [-0.2, -0.15) is 0 Å². The minimum absolute atomic E-state index is 0.151. The lowest BCUT2D eigenvalue weighted by Crippen LogP contribution is -2.35. The van der Waals surface area contributed by atoms with Crippen molar-refractivity contribution in [3.63, 3.8) is 0 Å². The van der Waals surface area contributed by atoms with Gasteiger partial charge in [0, 0.05) is 18.7 Å². The summed E-state index contributed by atoms with van der Waals surface area (Å²) in [6.45, 7) is 3.01. The van der Waals surface area contributed by atoms with Crippen LogP contribution in [0.25, 0.3) is 0 Å². The van der Waals surface area contributed by atoms with Crippen LogP contribution in [0.15, 0.2) is 18.2 Å². The maximum Gasteiger partial charge on any atom is 0.127 e. The predicted octanol–water partition coefficient (Wildman–Crippen LogP) is 2.78. The average Bonchev–Trinajstić information content (AvgIpc) is 3.31. The molecule has 0 saturated heterocycles. The summed E-state index contributed by atoms with van der Waals surface area (Å²) in [4.78, 5) is 0. The lowest BCUT2D eigenvalue weighted by Gasteiger charge is -2.28. The van der Waals surface area contributed by atoms with Gasteiger partial charge in [0.2, 0.25) is 0 Å². The van der Waals surface area contributed by atoms with E-state index in [4.69, 9.17) is 14.2 Å². The lowest BCUT2D eigenvalue weighted by atomic mass is 9.96. The van der Waals surface area contributed by atoms with Gasteiger partial charge >= 0.3 is 0 Å². The molecule has 1 aliphatic rings. The van der Waals surface area contributed by atoms with Crippen LogP contribution >= 0.6 is 0 Å². The first kappa shape index (κ1) is 15.1. The first-order valence-corrected chi connectivity index (χ1v) is 7.23. The summed E-state index contributed by atoms with van der Waals surface area (Å²) < 4.78 is 16.6. The summed E-state index contributed by atoms with van der Waals surface area (Å²) in [5.41, 5.74) is 1.13. The third-order valence-corrected chi connectivity index (χ3v) is 3.89. The summed E-state index contributed by atoms with van der Waals surface area (Å²) in [5.74, 6) is 2.30. The number of rotatable bonds is 8. The molecular formula is C16H25NO3. The molecule has 0 spiro atoms. The van der Waals surface area contributed by atoms with Crippen molar-refractivity contribution >= 4 is 0 Å². The van der Waals surface area contributed by atoms with Crippen LogP contribution in [0, 0.1) is 5.92 Å². The second-order valence-corrected chi connectivity index (χ2v) is 5.18. The first-order valence-electron chi connectivity index (χ1n) is 7.23. The van der Waals surface area contributed by atoms with Crippen molar-refractivity contribution in [1.82, 2.24) is 5.32 Å². The molecule has 20 heavy (non-hydrogen) atoms. The minimum atomic E-state index is 0.151. The molecule has 0 bridgehead atoms. The average molecular weight is 279 g/mol. The van der Waals surface area contributed by atoms with Crippen molar-refractivity contribution < 1.29 is 14.2 Å². The van der Waals surface area contributed by atoms with E-state index in [9.17, 15) is 0 Å². The number of hydrogen-bond acceptors (Lipinski definition) is 4. The van der Waals surface area contributed by atoms with Gasteiger partial charge in [-0.05, 0) is 37.4 Å². The zero-order chi connectivity index (χ0) is 14.5. The van der Waals surface area contributed by atoms with Crippen LogP contribution < -0.4 is 14.8 Å². The van der Waals surface area contributed by atoms with Crippen LogP contribution in [0.3, 0.4) is 0 Å². The highest BCUT2D eigenvalue weighted by Gasteiger charge is 2.38. The fourth-order valence-corrected chi connectivity index (χ4v) is 2.72. The molecule has 4 heteroatoms. The van der Waals surface area contributed by atoms with Crippen LogP contribution in [-0.4, -0.2) is 34.0 Å². The zero-order valence-electron chi connectivity index (χ0n) is 12.8. The monoisotopic (exact) mass is 279 g/mol. The molecule has 2 unspecified atom stereocenters. The number of benzene rings is 1. The van der Waals surface area contributed by atoms with E-state index in [0.717, 1.165) is 23.6 Å². The second kappa shape index (κ2) is 6.95. The Morgan fingerprint density at radius 3 is 2.45 bits per heavy atom. The maximum atomic E-state index is 5.75. The van der Waals surface area contributed by atoms with E-state index < -0.39 is 0 Å². The molecule has 1 aliphatic carbocycles. The molecule has 1 N–H and O–H groups in total. The third kappa shape index (κ3) is 3.25. The van der Waals surface area contributed by atoms with Gasteiger partial charge in [-0.3, -0.25) is 0 Å². The third-order valence-electron chi connectivity index (χ3n) is 3.89. The molecule has 1 saturated carbocycles. The standard InChI is InChI=1S/C16H25NO3/c1-5-17-15(16(20-4)11-6-7-11)13-9-8-12(18-2)10-14(13)19-3/h8-11,15-17H,5-7H2,1-4H3. The highest BCUT2D eigenvalue weighted by atomic mass is 16.5. The number of nitrogens with one attached hydrogen (secondary N) is 1. The molecule has 1 aromatic rings. The summed E-state index contributed by atoms with van der Waals surface area (Å²) in [6, 6.07) is 6.12. The van der Waals surface area contributed by atoms with E-state index >= 15 is 0 Å². The van der Waals surface area contributed by atoms with Crippen molar-refractivity contribution in [1.29, 1.82) is 0 Å². The zero-order valence-corrected chi connectivity index (χ0v) is 12.8. The minimum Gasteiger partial charge on any atom is -0.497 e. The van der Waals surface area contributed by atoms with Crippen molar-refractivity contribution in [2.75, 3.05) is 27.9 Å². The quantitative estimate of drug-likeness (QED) is 0.794. The maximum absolute atomic E-state index is 5.75. The van der Waals surface area contributed by atoms with Crippen molar-refractivity contribution in [2.45, 2.75) is 31.9 Å². The highest BCUT2D eigenvalue weighted by molar-refractivity contribution is 5.43. The number of methoxy groups -OCH3 is 3. The van der Waals surface area contributed by atoms with Gasteiger partial charge in [0.15, 0.2) is 0 Å². The van der Waals surface area contributed by atoms with Gasteiger partial charge in [-0.15, -0.1) is 0 Å². The Bertz CT molecular complexity index is 432. The van der Waals surface area contributed by atoms with Gasteiger partial charge in [0.1, 0.15) is 11.5 Å². The fraction of sp³-hybridized carbons (Fsp3) is 0.625. The Hall–Kier alpha value is -1.26. The SMILES string of the molecule is CCNC(c1ccc(OC)cc1OC)C(OC)C1CC1. The van der Waals surface area contributed by atoms with Crippen LogP contribution in [0.2, 0.25) is 0 Å². The van der Waals surface area contributed by atoms with Crippen LogP contribution in [-0.2, 0) is 4.74 Å². The van der Waals surface area contributed by atoms with Gasteiger partial charge in [-0.25, -0.2) is 0 Å². The Morgan fingerprint density at radius 2 is 1.95 bits per heavy atom. The number of hydrogen-bond donors (Lipinski definition) is 1. The molecule has 0 aromatic heterocycles. The molecule has 0 radical (unpaired) electrons. The molecule has 1 fully saturated rings. The normalized spacial score (nSPS) is 17.6. The van der Waals surface area contributed by atoms with E-state index in [1.165, 1.54) is 12.8 Å². The molecule has 0 amide bonds. The fourth-order valence-electron chi connectivity index (χ4n) is 2.72. The number of likely N-dealkylation sites (N-methyl/N-ethyl adjacent to an activating group) is 1. The van der Waals surface area contributed by atoms with E-state index in [1.54, 1.807) is 21.3 Å². The lowest BCUT2D eigenvalue weighted by molar-refractivity contribution is 0.0504. The molecule has 2 atom stereocenters. The Morgan fingerprint density at radius 1 is 1.20 bits per heavy atom. The van der Waals surface area contributed by atoms with Gasteiger partial charge in [0.25, 0.3) is 0 Å². The Labute approximate surface area is 121 Å². The van der Waals surface area contributed by atoms with Crippen molar-refractivity contribution in [2.24, 2.45) is 5.92 Å². The first-order chi connectivity index (χ1) is 9.74. The summed E-state index contributed by atoms with van der Waals surface area (Å²) in [6.07, 6.45) is 2.69. The molecule has 2 rings (SSSR count). The van der Waals surface area contributed by atoms with Crippen molar-refractivity contribution in [3.05, 3.63) is 23.8 Å². The molecule has 0 heterocycles. The second-order valence-electron chi connectivity index (χ2n) is 5.18. The largest absolute Gasteiger partial charge is 0.497 e. The summed E-state index contributed by atoms with van der Waals surface area (Å²) >= 11 is 0. The smallest absolute Gasteiger partial charge is 0.127 e. The van der Waals surface area contributed by atoms with E-state index in [1.807, 2.05) is 12.1 Å². The summed E-state index contributed by atoms with van der Waals surface area (Å²) in [5, 5.41) is 3.54. The van der Waals surface area contributed by atoms with E-state index in [-0.39, 0.29) is 12.1 Å². The number of ether oxygens (including phenoxy) is 3. The van der Waals surface area contributed by atoms with Crippen LogP contribution in [0.1, 0.15) is 31.4 Å². The van der Waals surface area contributed by atoms with Gasteiger partial charge in [-0.1, -0.05) is 6.92 Å². The Kier molecular flexibility index (Phi) is 5.26. The van der Waals surface area contributed by atoms with E-state index in [2.05, 4.69) is 18.3 Å². The molecule has 1 aromatic carbocycles.